The largest absolute Gasteiger partial charge is 0.497 e. The zero-order valence-corrected chi connectivity index (χ0v) is 12.6. The molecule has 0 unspecified atom stereocenters. The number of benzene rings is 2. The highest BCUT2D eigenvalue weighted by molar-refractivity contribution is 5.83. The molecule has 0 aliphatic rings. The number of ether oxygens (including phenoxy) is 2. The molecular weight excluding hydrogens is 262 g/mol. The van der Waals surface area contributed by atoms with Gasteiger partial charge in [0.15, 0.2) is 0 Å². The van der Waals surface area contributed by atoms with E-state index >= 15 is 0 Å². The first-order valence-corrected chi connectivity index (χ1v) is 6.98. The zero-order valence-electron chi connectivity index (χ0n) is 12.6. The van der Waals surface area contributed by atoms with E-state index in [0.717, 1.165) is 18.0 Å². The van der Waals surface area contributed by atoms with E-state index in [-0.39, 0.29) is 0 Å². The standard InChI is InChI=1S/C18H19NO2/c1-13-10-15-11-17(21-3)8-9-18(15)19(13)12-14-4-6-16(20-2)7-5-14/h4-11H,12H2,1-3H3. The van der Waals surface area contributed by atoms with Gasteiger partial charge in [0.05, 0.1) is 14.2 Å². The molecule has 3 nitrogen and oxygen atoms in total. The normalized spacial score (nSPS) is 10.8. The molecule has 0 saturated heterocycles. The maximum absolute atomic E-state index is 5.29. The van der Waals surface area contributed by atoms with Crippen molar-refractivity contribution in [3.05, 3.63) is 59.8 Å². The summed E-state index contributed by atoms with van der Waals surface area (Å²) in [6, 6.07) is 16.6. The maximum atomic E-state index is 5.29. The van der Waals surface area contributed by atoms with Gasteiger partial charge in [0.2, 0.25) is 0 Å². The van der Waals surface area contributed by atoms with Gasteiger partial charge in [0.25, 0.3) is 0 Å². The Labute approximate surface area is 124 Å². The SMILES string of the molecule is COc1ccc(Cn2c(C)cc3cc(OC)ccc32)cc1. The highest BCUT2D eigenvalue weighted by atomic mass is 16.5. The number of hydrogen-bond donors (Lipinski definition) is 0. The number of aryl methyl sites for hydroxylation is 1. The van der Waals surface area contributed by atoms with Crippen molar-refractivity contribution in [2.45, 2.75) is 13.5 Å². The number of hydrogen-bond acceptors (Lipinski definition) is 2. The van der Waals surface area contributed by atoms with Gasteiger partial charge in [-0.25, -0.2) is 0 Å². The lowest BCUT2D eigenvalue weighted by Gasteiger charge is -2.09. The molecule has 0 radical (unpaired) electrons. The first kappa shape index (κ1) is 13.6. The van der Waals surface area contributed by atoms with E-state index in [9.17, 15) is 0 Å². The Kier molecular flexibility index (Phi) is 3.57. The van der Waals surface area contributed by atoms with Gasteiger partial charge >= 0.3 is 0 Å². The number of aromatic nitrogens is 1. The van der Waals surface area contributed by atoms with Gasteiger partial charge in [-0.3, -0.25) is 0 Å². The van der Waals surface area contributed by atoms with Crippen molar-refractivity contribution in [1.29, 1.82) is 0 Å². The van der Waals surface area contributed by atoms with Crippen molar-refractivity contribution >= 4 is 10.9 Å². The van der Waals surface area contributed by atoms with Crippen molar-refractivity contribution in [2.75, 3.05) is 14.2 Å². The zero-order chi connectivity index (χ0) is 14.8. The molecule has 3 aromatic rings. The lowest BCUT2D eigenvalue weighted by atomic mass is 10.2. The van der Waals surface area contributed by atoms with Crippen LogP contribution in [0.2, 0.25) is 0 Å². The average molecular weight is 281 g/mol. The van der Waals surface area contributed by atoms with Crippen LogP contribution in [0, 0.1) is 6.92 Å². The van der Waals surface area contributed by atoms with Crippen LogP contribution in [0.5, 0.6) is 11.5 Å². The van der Waals surface area contributed by atoms with Gasteiger partial charge in [-0.05, 0) is 48.9 Å². The van der Waals surface area contributed by atoms with Crippen LogP contribution in [-0.2, 0) is 6.54 Å². The fraction of sp³-hybridized carbons (Fsp3) is 0.222. The summed E-state index contributed by atoms with van der Waals surface area (Å²) in [5, 5.41) is 1.21. The molecule has 0 aliphatic carbocycles. The highest BCUT2D eigenvalue weighted by Crippen LogP contribution is 2.25. The van der Waals surface area contributed by atoms with Crippen LogP contribution in [0.4, 0.5) is 0 Å². The molecule has 1 heterocycles. The lowest BCUT2D eigenvalue weighted by Crippen LogP contribution is -2.01. The summed E-state index contributed by atoms with van der Waals surface area (Å²) in [4.78, 5) is 0. The summed E-state index contributed by atoms with van der Waals surface area (Å²) in [5.74, 6) is 1.78. The Morgan fingerprint density at radius 3 is 2.19 bits per heavy atom. The van der Waals surface area contributed by atoms with Gasteiger partial charge < -0.3 is 14.0 Å². The molecule has 2 aromatic carbocycles. The molecular formula is C18H19NO2. The summed E-state index contributed by atoms with van der Waals surface area (Å²) in [6.45, 7) is 2.99. The monoisotopic (exact) mass is 281 g/mol. The van der Waals surface area contributed by atoms with E-state index in [1.807, 2.05) is 18.2 Å². The second-order valence-corrected chi connectivity index (χ2v) is 5.14. The lowest BCUT2D eigenvalue weighted by molar-refractivity contribution is 0.414. The van der Waals surface area contributed by atoms with E-state index in [4.69, 9.17) is 9.47 Å². The van der Waals surface area contributed by atoms with Gasteiger partial charge in [0, 0.05) is 23.1 Å². The van der Waals surface area contributed by atoms with Crippen LogP contribution in [0.25, 0.3) is 10.9 Å². The summed E-state index contributed by atoms with van der Waals surface area (Å²) in [7, 11) is 3.38. The van der Waals surface area contributed by atoms with E-state index in [0.29, 0.717) is 0 Å². The minimum Gasteiger partial charge on any atom is -0.497 e. The van der Waals surface area contributed by atoms with Crippen LogP contribution in [0.1, 0.15) is 11.3 Å². The fourth-order valence-electron chi connectivity index (χ4n) is 2.64. The fourth-order valence-corrected chi connectivity index (χ4v) is 2.64. The first-order chi connectivity index (χ1) is 10.2. The third-order valence-electron chi connectivity index (χ3n) is 3.82. The smallest absolute Gasteiger partial charge is 0.119 e. The Balaban J connectivity index is 1.97. The quantitative estimate of drug-likeness (QED) is 0.721. The molecule has 0 aliphatic heterocycles. The van der Waals surface area contributed by atoms with Crippen molar-refractivity contribution < 1.29 is 9.47 Å². The third kappa shape index (κ3) is 2.59. The molecule has 1 aromatic heterocycles. The molecule has 0 bridgehead atoms. The molecule has 108 valence electrons. The molecule has 21 heavy (non-hydrogen) atoms. The topological polar surface area (TPSA) is 23.4 Å². The van der Waals surface area contributed by atoms with Crippen molar-refractivity contribution in [3.63, 3.8) is 0 Å². The predicted molar refractivity (Wildman–Crippen MR) is 85.3 cm³/mol. The average Bonchev–Trinajstić information content (AvgIpc) is 2.83. The third-order valence-corrected chi connectivity index (χ3v) is 3.82. The summed E-state index contributed by atoms with van der Waals surface area (Å²) < 4.78 is 12.8. The summed E-state index contributed by atoms with van der Waals surface area (Å²) in [6.07, 6.45) is 0. The van der Waals surface area contributed by atoms with Gasteiger partial charge in [-0.2, -0.15) is 0 Å². The minimum atomic E-state index is 0.853. The number of fused-ring (bicyclic) bond motifs is 1. The second kappa shape index (κ2) is 5.52. The van der Waals surface area contributed by atoms with Gasteiger partial charge in [-0.15, -0.1) is 0 Å². The van der Waals surface area contributed by atoms with E-state index in [1.165, 1.54) is 22.2 Å². The van der Waals surface area contributed by atoms with Gasteiger partial charge in [0.1, 0.15) is 11.5 Å². The minimum absolute atomic E-state index is 0.853. The van der Waals surface area contributed by atoms with Crippen molar-refractivity contribution in [2.24, 2.45) is 0 Å². The van der Waals surface area contributed by atoms with Crippen LogP contribution in [0.15, 0.2) is 48.5 Å². The molecule has 0 saturated carbocycles. The Morgan fingerprint density at radius 1 is 0.857 bits per heavy atom. The maximum Gasteiger partial charge on any atom is 0.119 e. The first-order valence-electron chi connectivity index (χ1n) is 6.98. The number of nitrogens with zero attached hydrogens (tertiary/aromatic N) is 1. The molecule has 0 N–H and O–H groups in total. The van der Waals surface area contributed by atoms with Crippen molar-refractivity contribution in [3.8, 4) is 11.5 Å². The molecule has 0 spiro atoms. The number of rotatable bonds is 4. The van der Waals surface area contributed by atoms with E-state index in [2.05, 4.69) is 41.8 Å². The van der Waals surface area contributed by atoms with E-state index in [1.54, 1.807) is 14.2 Å². The Morgan fingerprint density at radius 2 is 1.52 bits per heavy atom. The molecule has 3 rings (SSSR count). The second-order valence-electron chi connectivity index (χ2n) is 5.14. The molecule has 0 atom stereocenters. The highest BCUT2D eigenvalue weighted by Gasteiger charge is 2.07. The van der Waals surface area contributed by atoms with Crippen LogP contribution in [0.3, 0.4) is 0 Å². The van der Waals surface area contributed by atoms with Crippen molar-refractivity contribution in [1.82, 2.24) is 4.57 Å². The Hall–Kier alpha value is -2.42. The predicted octanol–water partition coefficient (Wildman–Crippen LogP) is 4.02. The molecule has 0 fully saturated rings. The van der Waals surface area contributed by atoms with E-state index < -0.39 is 0 Å². The molecule has 3 heteroatoms. The van der Waals surface area contributed by atoms with Gasteiger partial charge in [-0.1, -0.05) is 12.1 Å². The van der Waals surface area contributed by atoms with Crippen LogP contribution < -0.4 is 9.47 Å². The summed E-state index contributed by atoms with van der Waals surface area (Å²) >= 11 is 0. The Bertz CT molecular complexity index is 757. The van der Waals surface area contributed by atoms with Crippen LogP contribution >= 0.6 is 0 Å². The van der Waals surface area contributed by atoms with Crippen LogP contribution in [-0.4, -0.2) is 18.8 Å². The number of methoxy groups -OCH3 is 2. The summed E-state index contributed by atoms with van der Waals surface area (Å²) in [5.41, 5.74) is 3.73. The molecule has 0 amide bonds.